The average Bonchev–Trinajstić information content (AvgIpc) is 2.44. The van der Waals surface area contributed by atoms with Gasteiger partial charge in [-0.05, 0) is 44.4 Å². The lowest BCUT2D eigenvalue weighted by Gasteiger charge is -2.35. The Morgan fingerprint density at radius 1 is 1.43 bits per heavy atom. The Labute approximate surface area is 125 Å². The molecule has 5 heteroatoms. The van der Waals surface area contributed by atoms with Gasteiger partial charge in [0.1, 0.15) is 5.75 Å². The molecule has 1 unspecified atom stereocenters. The molecule has 0 bridgehead atoms. The molecule has 2 rings (SSSR count). The summed E-state index contributed by atoms with van der Waals surface area (Å²) >= 11 is 0. The summed E-state index contributed by atoms with van der Waals surface area (Å²) in [5.41, 5.74) is 0.633. The van der Waals surface area contributed by atoms with Gasteiger partial charge in [0, 0.05) is 12.6 Å². The molecule has 0 radical (unpaired) electrons. The summed E-state index contributed by atoms with van der Waals surface area (Å²) in [6, 6.07) is 7.18. The molecule has 1 amide bonds. The molecule has 1 aromatic rings. The maximum absolute atomic E-state index is 11.9. The minimum absolute atomic E-state index is 0.000300. The van der Waals surface area contributed by atoms with Gasteiger partial charge in [0.2, 0.25) is 0 Å². The van der Waals surface area contributed by atoms with Crippen LogP contribution in [0.3, 0.4) is 0 Å². The van der Waals surface area contributed by atoms with Crippen LogP contribution in [0.5, 0.6) is 5.75 Å². The molecule has 0 saturated carbocycles. The molecule has 0 aliphatic carbocycles. The molecule has 0 spiro atoms. The van der Waals surface area contributed by atoms with Crippen LogP contribution >= 0.6 is 0 Å². The molecular weight excluding hydrogens is 270 g/mol. The van der Waals surface area contributed by atoms with Crippen molar-refractivity contribution in [1.82, 2.24) is 5.32 Å². The normalized spacial score (nSPS) is 20.8. The van der Waals surface area contributed by atoms with Gasteiger partial charge in [0.25, 0.3) is 5.91 Å². The van der Waals surface area contributed by atoms with Crippen LogP contribution in [0.25, 0.3) is 0 Å². The zero-order chi connectivity index (χ0) is 15.3. The number of aliphatic hydroxyl groups excluding tert-OH is 1. The van der Waals surface area contributed by atoms with Gasteiger partial charge in [-0.2, -0.15) is 0 Å². The van der Waals surface area contributed by atoms with Crippen molar-refractivity contribution in [2.75, 3.05) is 13.2 Å². The Hall–Kier alpha value is -1.59. The highest BCUT2D eigenvalue weighted by Gasteiger charge is 2.29. The Kier molecular flexibility index (Phi) is 5.20. The maximum atomic E-state index is 11.9. The van der Waals surface area contributed by atoms with E-state index in [1.165, 1.54) is 0 Å². The van der Waals surface area contributed by atoms with Crippen LogP contribution in [0.1, 0.15) is 32.3 Å². The molecule has 2 N–H and O–H groups in total. The standard InChI is InChI=1S/C16H23NO4/c1-16(2)9-13(7-8-21-16)17-15(19)11-20-14-5-3-12(10-18)4-6-14/h3-6,13,18H,7-11H2,1-2H3,(H,17,19). The second-order valence-corrected chi connectivity index (χ2v) is 5.96. The number of hydrogen-bond acceptors (Lipinski definition) is 4. The van der Waals surface area contributed by atoms with Crippen molar-refractivity contribution in [2.24, 2.45) is 0 Å². The fourth-order valence-electron chi connectivity index (χ4n) is 2.46. The van der Waals surface area contributed by atoms with Gasteiger partial charge in [-0.25, -0.2) is 0 Å². The van der Waals surface area contributed by atoms with Crippen molar-refractivity contribution >= 4 is 5.91 Å². The van der Waals surface area contributed by atoms with Crippen molar-refractivity contribution in [3.8, 4) is 5.75 Å². The summed E-state index contributed by atoms with van der Waals surface area (Å²) in [4.78, 5) is 11.9. The number of ether oxygens (including phenoxy) is 2. The molecular formula is C16H23NO4. The SMILES string of the molecule is CC1(C)CC(NC(=O)COc2ccc(CO)cc2)CCO1. The Morgan fingerprint density at radius 2 is 2.14 bits per heavy atom. The second kappa shape index (κ2) is 6.91. The highest BCUT2D eigenvalue weighted by molar-refractivity contribution is 5.77. The van der Waals surface area contributed by atoms with Gasteiger partial charge in [-0.1, -0.05) is 12.1 Å². The highest BCUT2D eigenvalue weighted by Crippen LogP contribution is 2.23. The van der Waals surface area contributed by atoms with Crippen LogP contribution in [0.15, 0.2) is 24.3 Å². The van der Waals surface area contributed by atoms with E-state index in [-0.39, 0.29) is 30.8 Å². The fourth-order valence-corrected chi connectivity index (χ4v) is 2.46. The van der Waals surface area contributed by atoms with Gasteiger partial charge in [-0.3, -0.25) is 4.79 Å². The molecule has 116 valence electrons. The van der Waals surface area contributed by atoms with Gasteiger partial charge >= 0.3 is 0 Å². The van der Waals surface area contributed by atoms with E-state index in [9.17, 15) is 4.79 Å². The fraction of sp³-hybridized carbons (Fsp3) is 0.562. The third-order valence-electron chi connectivity index (χ3n) is 3.54. The average molecular weight is 293 g/mol. The number of carbonyl (C=O) groups excluding carboxylic acids is 1. The number of aliphatic hydroxyl groups is 1. The number of benzene rings is 1. The first-order valence-electron chi connectivity index (χ1n) is 7.24. The molecule has 0 aromatic heterocycles. The lowest BCUT2D eigenvalue weighted by molar-refractivity contribution is -0.126. The van der Waals surface area contributed by atoms with Crippen molar-refractivity contribution < 1.29 is 19.4 Å². The molecule has 1 heterocycles. The van der Waals surface area contributed by atoms with E-state index in [4.69, 9.17) is 14.6 Å². The zero-order valence-electron chi connectivity index (χ0n) is 12.6. The number of rotatable bonds is 5. The molecule has 1 saturated heterocycles. The number of hydrogen-bond donors (Lipinski definition) is 2. The predicted octanol–water partition coefficient (Wildman–Crippen LogP) is 1.63. The lowest BCUT2D eigenvalue weighted by atomic mass is 9.94. The van der Waals surface area contributed by atoms with Crippen molar-refractivity contribution in [3.63, 3.8) is 0 Å². The molecule has 5 nitrogen and oxygen atoms in total. The second-order valence-electron chi connectivity index (χ2n) is 5.96. The minimum Gasteiger partial charge on any atom is -0.484 e. The van der Waals surface area contributed by atoms with Crippen LogP contribution < -0.4 is 10.1 Å². The van der Waals surface area contributed by atoms with Gasteiger partial charge < -0.3 is 19.9 Å². The minimum atomic E-state index is -0.183. The van der Waals surface area contributed by atoms with Crippen molar-refractivity contribution in [1.29, 1.82) is 0 Å². The Morgan fingerprint density at radius 3 is 2.76 bits per heavy atom. The largest absolute Gasteiger partial charge is 0.484 e. The van der Waals surface area contributed by atoms with E-state index < -0.39 is 0 Å². The summed E-state index contributed by atoms with van der Waals surface area (Å²) in [7, 11) is 0. The van der Waals surface area contributed by atoms with Crippen LogP contribution in [0, 0.1) is 0 Å². The Bertz CT molecular complexity index is 470. The molecule has 1 fully saturated rings. The quantitative estimate of drug-likeness (QED) is 0.866. The highest BCUT2D eigenvalue weighted by atomic mass is 16.5. The summed E-state index contributed by atoms with van der Waals surface area (Å²) < 4.78 is 11.1. The predicted molar refractivity (Wildman–Crippen MR) is 79.1 cm³/mol. The third kappa shape index (κ3) is 5.02. The van der Waals surface area contributed by atoms with Gasteiger partial charge in [-0.15, -0.1) is 0 Å². The summed E-state index contributed by atoms with van der Waals surface area (Å²) in [6.07, 6.45) is 1.64. The van der Waals surface area contributed by atoms with Crippen molar-refractivity contribution in [2.45, 2.75) is 44.9 Å². The first-order chi connectivity index (χ1) is 9.98. The van der Waals surface area contributed by atoms with Crippen LogP contribution in [-0.4, -0.2) is 35.9 Å². The van der Waals surface area contributed by atoms with Gasteiger partial charge in [0.05, 0.1) is 12.2 Å². The van der Waals surface area contributed by atoms with Crippen LogP contribution in [0.2, 0.25) is 0 Å². The zero-order valence-corrected chi connectivity index (χ0v) is 12.6. The first kappa shape index (κ1) is 15.8. The number of carbonyl (C=O) groups is 1. The maximum Gasteiger partial charge on any atom is 0.258 e. The molecule has 1 aliphatic rings. The summed E-state index contributed by atoms with van der Waals surface area (Å²) in [5, 5.41) is 11.9. The molecule has 1 aromatic carbocycles. The number of nitrogens with one attached hydrogen (secondary N) is 1. The van der Waals surface area contributed by atoms with E-state index in [1.807, 2.05) is 13.8 Å². The van der Waals surface area contributed by atoms with E-state index in [0.717, 1.165) is 18.4 Å². The summed E-state index contributed by atoms with van der Waals surface area (Å²) in [6.45, 7) is 4.73. The molecule has 21 heavy (non-hydrogen) atoms. The van der Waals surface area contributed by atoms with Gasteiger partial charge in [0.15, 0.2) is 6.61 Å². The van der Waals surface area contributed by atoms with Crippen LogP contribution in [0.4, 0.5) is 0 Å². The third-order valence-corrected chi connectivity index (χ3v) is 3.54. The van der Waals surface area contributed by atoms with E-state index in [1.54, 1.807) is 24.3 Å². The van der Waals surface area contributed by atoms with E-state index in [2.05, 4.69) is 5.32 Å². The topological polar surface area (TPSA) is 67.8 Å². The molecule has 1 atom stereocenters. The van der Waals surface area contributed by atoms with E-state index >= 15 is 0 Å². The smallest absolute Gasteiger partial charge is 0.258 e. The molecule has 1 aliphatic heterocycles. The van der Waals surface area contributed by atoms with Crippen molar-refractivity contribution in [3.05, 3.63) is 29.8 Å². The monoisotopic (exact) mass is 293 g/mol. The summed E-state index contributed by atoms with van der Waals surface area (Å²) in [5.74, 6) is 0.499. The Balaban J connectivity index is 1.76. The van der Waals surface area contributed by atoms with Crippen LogP contribution in [-0.2, 0) is 16.1 Å². The lowest BCUT2D eigenvalue weighted by Crippen LogP contribution is -2.47. The van der Waals surface area contributed by atoms with E-state index in [0.29, 0.717) is 12.4 Å². The first-order valence-corrected chi connectivity index (χ1v) is 7.24. The number of amides is 1.